The zero-order valence-electron chi connectivity index (χ0n) is 24.1. The van der Waals surface area contributed by atoms with Crippen LogP contribution in [0.15, 0.2) is 24.4 Å². The first-order valence-corrected chi connectivity index (χ1v) is 14.1. The molecule has 2 aromatic rings. The second kappa shape index (κ2) is 13.1. The fraction of sp³-hybridized carbons (Fsp3) is 0.586. The molecule has 0 bridgehead atoms. The second-order valence-corrected chi connectivity index (χ2v) is 11.1. The fourth-order valence-corrected chi connectivity index (χ4v) is 5.90. The third-order valence-corrected chi connectivity index (χ3v) is 8.16. The van der Waals surface area contributed by atoms with E-state index in [1.807, 2.05) is 7.05 Å². The summed E-state index contributed by atoms with van der Waals surface area (Å²) in [6, 6.07) is 4.74. The van der Waals surface area contributed by atoms with Crippen molar-refractivity contribution in [2.45, 2.75) is 70.1 Å². The number of benzene rings is 1. The summed E-state index contributed by atoms with van der Waals surface area (Å²) in [6.07, 6.45) is 1.43. The molecule has 1 saturated carbocycles. The van der Waals surface area contributed by atoms with Gasteiger partial charge in [-0.05, 0) is 69.8 Å². The van der Waals surface area contributed by atoms with Crippen LogP contribution in [0.25, 0.3) is 0 Å². The number of halogens is 3. The molecule has 0 radical (unpaired) electrons. The number of methoxy groups -OCH3 is 1. The fourth-order valence-electron chi connectivity index (χ4n) is 5.90. The van der Waals surface area contributed by atoms with Crippen molar-refractivity contribution >= 4 is 23.5 Å². The van der Waals surface area contributed by atoms with Crippen LogP contribution in [0.5, 0.6) is 5.75 Å². The number of piperidine rings is 1. The number of nitrogens with zero attached hydrogens (tertiary/aromatic N) is 4. The second-order valence-electron chi connectivity index (χ2n) is 11.1. The number of aromatic nitrogens is 2. The minimum Gasteiger partial charge on any atom is -0.495 e. The van der Waals surface area contributed by atoms with E-state index in [0.717, 1.165) is 51.4 Å². The average Bonchev–Trinajstić information content (AvgIpc) is 2.92. The van der Waals surface area contributed by atoms with Crippen molar-refractivity contribution in [1.82, 2.24) is 25.1 Å². The van der Waals surface area contributed by atoms with E-state index < -0.39 is 11.7 Å². The monoisotopic (exact) mass is 576 g/mol. The van der Waals surface area contributed by atoms with E-state index in [1.54, 1.807) is 30.1 Å². The molecule has 1 aromatic heterocycles. The van der Waals surface area contributed by atoms with E-state index in [0.29, 0.717) is 23.4 Å². The van der Waals surface area contributed by atoms with Gasteiger partial charge in [-0.2, -0.15) is 13.2 Å². The molecule has 2 N–H and O–H groups in total. The Bertz CT molecular complexity index is 1240. The maximum Gasteiger partial charge on any atom is 0.419 e. The number of hydrogen-bond acceptors (Lipinski definition) is 7. The Morgan fingerprint density at radius 2 is 1.93 bits per heavy atom. The van der Waals surface area contributed by atoms with Gasteiger partial charge in [0.25, 0.3) is 5.91 Å². The predicted molar refractivity (Wildman–Crippen MR) is 149 cm³/mol. The molecule has 1 saturated heterocycles. The Balaban J connectivity index is 1.55. The van der Waals surface area contributed by atoms with Crippen molar-refractivity contribution in [2.24, 2.45) is 5.92 Å². The lowest BCUT2D eigenvalue weighted by Crippen LogP contribution is -2.46. The van der Waals surface area contributed by atoms with Crippen molar-refractivity contribution < 1.29 is 27.5 Å². The van der Waals surface area contributed by atoms with Crippen LogP contribution in [0.2, 0.25) is 0 Å². The summed E-state index contributed by atoms with van der Waals surface area (Å²) in [5.41, 5.74) is -0.173. The number of ether oxygens (including phenoxy) is 1. The van der Waals surface area contributed by atoms with Gasteiger partial charge < -0.3 is 25.2 Å². The molecule has 9 nitrogen and oxygen atoms in total. The number of anilines is 2. The van der Waals surface area contributed by atoms with Crippen LogP contribution in [0.3, 0.4) is 0 Å². The molecule has 41 heavy (non-hydrogen) atoms. The molecule has 12 heteroatoms. The lowest BCUT2D eigenvalue weighted by molar-refractivity contribution is -0.139. The Morgan fingerprint density at radius 1 is 1.17 bits per heavy atom. The number of likely N-dealkylation sites (N-methyl/N-ethyl adjacent to an activating group) is 1. The van der Waals surface area contributed by atoms with E-state index in [1.165, 1.54) is 14.0 Å². The molecule has 4 rings (SSSR count). The number of hydrogen-bond donors (Lipinski definition) is 2. The van der Waals surface area contributed by atoms with Crippen molar-refractivity contribution in [3.05, 3.63) is 41.2 Å². The molecule has 0 unspecified atom stereocenters. The van der Waals surface area contributed by atoms with Gasteiger partial charge >= 0.3 is 6.18 Å². The van der Waals surface area contributed by atoms with Crippen LogP contribution < -0.4 is 15.4 Å². The minimum atomic E-state index is -4.62. The van der Waals surface area contributed by atoms with Gasteiger partial charge in [0, 0.05) is 44.4 Å². The summed E-state index contributed by atoms with van der Waals surface area (Å²) in [6.45, 7) is 3.25. The molecule has 2 fully saturated rings. The zero-order chi connectivity index (χ0) is 29.7. The topological polar surface area (TPSA) is 99.7 Å². The summed E-state index contributed by atoms with van der Waals surface area (Å²) in [5.74, 6) is -0.170. The van der Waals surface area contributed by atoms with E-state index >= 15 is 0 Å². The van der Waals surface area contributed by atoms with Crippen LogP contribution in [-0.2, 0) is 17.4 Å². The highest BCUT2D eigenvalue weighted by atomic mass is 19.4. The molecule has 1 aromatic carbocycles. The molecule has 1 aliphatic carbocycles. The van der Waals surface area contributed by atoms with Crippen LogP contribution in [0.4, 0.5) is 24.8 Å². The minimum absolute atomic E-state index is 0.0129. The number of carbonyl (C=O) groups excluding carboxylic acids is 2. The quantitative estimate of drug-likeness (QED) is 0.472. The van der Waals surface area contributed by atoms with Crippen LogP contribution in [0, 0.1) is 5.92 Å². The Hall–Kier alpha value is -3.41. The molecular weight excluding hydrogens is 537 g/mol. The lowest BCUT2D eigenvalue weighted by atomic mass is 9.80. The molecular formula is C29H39F3N6O3. The van der Waals surface area contributed by atoms with E-state index in [4.69, 9.17) is 4.74 Å². The normalized spacial score (nSPS) is 21.7. The first kappa shape index (κ1) is 30.5. The smallest absolute Gasteiger partial charge is 0.419 e. The number of alkyl halides is 3. The molecule has 0 spiro atoms. The Kier molecular flexibility index (Phi) is 9.72. The summed E-state index contributed by atoms with van der Waals surface area (Å²) >= 11 is 0. The Labute approximate surface area is 238 Å². The van der Waals surface area contributed by atoms with E-state index in [2.05, 4.69) is 25.5 Å². The molecule has 2 heterocycles. The predicted octanol–water partition coefficient (Wildman–Crippen LogP) is 4.65. The van der Waals surface area contributed by atoms with Crippen molar-refractivity contribution in [1.29, 1.82) is 0 Å². The molecule has 3 atom stereocenters. The van der Waals surface area contributed by atoms with E-state index in [9.17, 15) is 22.8 Å². The first-order valence-electron chi connectivity index (χ1n) is 14.1. The van der Waals surface area contributed by atoms with Crippen molar-refractivity contribution in [3.63, 3.8) is 0 Å². The lowest BCUT2D eigenvalue weighted by Gasteiger charge is -2.37. The number of amides is 2. The number of rotatable bonds is 8. The third kappa shape index (κ3) is 7.66. The highest BCUT2D eigenvalue weighted by Gasteiger charge is 2.38. The van der Waals surface area contributed by atoms with Crippen molar-refractivity contribution in [3.8, 4) is 5.75 Å². The van der Waals surface area contributed by atoms with Gasteiger partial charge in [-0.15, -0.1) is 0 Å². The Morgan fingerprint density at radius 3 is 2.61 bits per heavy atom. The number of likely N-dealkylation sites (tertiary alicyclic amines) is 1. The van der Waals surface area contributed by atoms with Gasteiger partial charge in [-0.25, -0.2) is 9.97 Å². The van der Waals surface area contributed by atoms with Gasteiger partial charge in [-0.3, -0.25) is 9.59 Å². The SMILES string of the molecule is COc1cc(C(=O)N[C@@H]2CCCN(C)C2)ccc1Nc1ncc(C(F)(F)F)c(C[C@@H]2CCCC[C@H]2N(C)C(C)=O)n1. The summed E-state index contributed by atoms with van der Waals surface area (Å²) < 4.78 is 47.3. The standard InChI is InChI=1S/C29H39F3N6O3/c1-18(39)38(3)25-10-6-5-8-19(25)14-24-22(29(30,31)32)16-33-28(36-24)35-23-12-11-20(15-26(23)41-4)27(40)34-21-9-7-13-37(2)17-21/h11-12,15-16,19,21,25H,5-10,13-14,17H2,1-4H3,(H,34,40)(H,33,35,36)/t19-,21+,25+/m0/s1. The molecule has 2 aliphatic rings. The summed E-state index contributed by atoms with van der Waals surface area (Å²) in [7, 11) is 5.17. The zero-order valence-corrected chi connectivity index (χ0v) is 24.1. The van der Waals surface area contributed by atoms with Crippen LogP contribution in [-0.4, -0.2) is 78.0 Å². The first-order chi connectivity index (χ1) is 19.5. The highest BCUT2D eigenvalue weighted by molar-refractivity contribution is 5.95. The molecule has 2 amide bonds. The van der Waals surface area contributed by atoms with Gasteiger partial charge in [0.1, 0.15) is 5.75 Å². The van der Waals surface area contributed by atoms with Crippen LogP contribution in [0.1, 0.15) is 67.1 Å². The maximum absolute atomic E-state index is 13.9. The van der Waals surface area contributed by atoms with Gasteiger partial charge in [0.05, 0.1) is 24.1 Å². The van der Waals surface area contributed by atoms with Gasteiger partial charge in [-0.1, -0.05) is 12.8 Å². The van der Waals surface area contributed by atoms with E-state index in [-0.39, 0.29) is 47.9 Å². The van der Waals surface area contributed by atoms with Crippen molar-refractivity contribution in [2.75, 3.05) is 39.6 Å². The number of nitrogens with one attached hydrogen (secondary N) is 2. The summed E-state index contributed by atoms with van der Waals surface area (Å²) in [4.78, 5) is 37.0. The third-order valence-electron chi connectivity index (χ3n) is 8.16. The molecule has 1 aliphatic heterocycles. The van der Waals surface area contributed by atoms with Gasteiger partial charge in [0.2, 0.25) is 11.9 Å². The highest BCUT2D eigenvalue weighted by Crippen LogP contribution is 2.37. The number of carbonyl (C=O) groups is 2. The average molecular weight is 577 g/mol. The maximum atomic E-state index is 13.9. The summed E-state index contributed by atoms with van der Waals surface area (Å²) in [5, 5.41) is 6.03. The molecule has 224 valence electrons. The van der Waals surface area contributed by atoms with Gasteiger partial charge in [0.15, 0.2) is 0 Å². The van der Waals surface area contributed by atoms with Crippen LogP contribution >= 0.6 is 0 Å². The largest absolute Gasteiger partial charge is 0.495 e.